The molecule has 7 nitrogen and oxygen atoms in total. The topological polar surface area (TPSA) is 79.8 Å². The molecule has 0 radical (unpaired) electrons. The minimum Gasteiger partial charge on any atom is -0.443 e. The monoisotopic (exact) mass is 513 g/mol. The maximum Gasteiger partial charge on any atom is 0.416 e. The lowest BCUT2D eigenvalue weighted by atomic mass is 9.93. The van der Waals surface area contributed by atoms with Crippen LogP contribution in [-0.2, 0) is 14.8 Å². The molecule has 2 heterocycles. The third-order valence-corrected chi connectivity index (χ3v) is 8.94. The van der Waals surface area contributed by atoms with Crippen LogP contribution in [0.15, 0.2) is 47.5 Å². The van der Waals surface area contributed by atoms with E-state index in [1.165, 1.54) is 0 Å². The number of nitrogens with zero attached hydrogens (tertiary/aromatic N) is 3. The molecule has 0 N–H and O–H groups in total. The van der Waals surface area contributed by atoms with Crippen molar-refractivity contribution in [2.24, 2.45) is 0 Å². The Balaban J connectivity index is 1.76. The molecular weight excluding hydrogens is 474 g/mol. The largest absolute Gasteiger partial charge is 0.443 e. The van der Waals surface area contributed by atoms with Gasteiger partial charge in [-0.05, 0) is 71.6 Å². The lowest BCUT2D eigenvalue weighted by molar-refractivity contribution is 0.0555. The molecule has 196 valence electrons. The molecule has 1 atom stereocenters. The summed E-state index contributed by atoms with van der Waals surface area (Å²) in [5, 5.41) is 0. The first-order valence-electron chi connectivity index (χ1n) is 13.1. The van der Waals surface area contributed by atoms with Gasteiger partial charge in [0.25, 0.3) is 0 Å². The molecule has 2 fully saturated rings. The molecule has 0 unspecified atom stereocenters. The summed E-state index contributed by atoms with van der Waals surface area (Å²) in [6.07, 6.45) is 8.66. The zero-order chi connectivity index (χ0) is 25.9. The summed E-state index contributed by atoms with van der Waals surface area (Å²) < 4.78 is 35.0. The molecule has 0 bridgehead atoms. The summed E-state index contributed by atoms with van der Waals surface area (Å²) in [4.78, 5) is 20.2. The van der Waals surface area contributed by atoms with E-state index < -0.39 is 27.8 Å². The van der Waals surface area contributed by atoms with Crippen LogP contribution in [-0.4, -0.2) is 42.0 Å². The van der Waals surface area contributed by atoms with Gasteiger partial charge in [-0.3, -0.25) is 4.90 Å². The van der Waals surface area contributed by atoms with Gasteiger partial charge in [0.05, 0.1) is 10.9 Å². The molecule has 1 aliphatic heterocycles. The first-order valence-corrected chi connectivity index (χ1v) is 14.6. The average Bonchev–Trinajstić information content (AvgIpc) is 2.84. The van der Waals surface area contributed by atoms with Crippen LogP contribution in [0.4, 0.5) is 10.6 Å². The van der Waals surface area contributed by atoms with Gasteiger partial charge in [-0.15, -0.1) is 0 Å². The van der Waals surface area contributed by atoms with E-state index in [0.29, 0.717) is 23.7 Å². The smallest absolute Gasteiger partial charge is 0.416 e. The van der Waals surface area contributed by atoms with Gasteiger partial charge in [0.1, 0.15) is 11.4 Å². The Hall–Kier alpha value is -2.45. The van der Waals surface area contributed by atoms with Gasteiger partial charge >= 0.3 is 6.09 Å². The highest BCUT2D eigenvalue weighted by atomic mass is 32.2. The van der Waals surface area contributed by atoms with Gasteiger partial charge < -0.3 is 4.74 Å². The molecule has 0 spiro atoms. The number of aryl methyl sites for hydroxylation is 1. The lowest BCUT2D eigenvalue weighted by Crippen LogP contribution is -2.46. The van der Waals surface area contributed by atoms with Gasteiger partial charge in [0.2, 0.25) is 10.0 Å². The maximum atomic E-state index is 13.8. The van der Waals surface area contributed by atoms with Crippen molar-refractivity contribution >= 4 is 21.9 Å². The first-order chi connectivity index (χ1) is 17.1. The summed E-state index contributed by atoms with van der Waals surface area (Å²) in [5.41, 5.74) is 1.13. The second-order valence-corrected chi connectivity index (χ2v) is 12.9. The second kappa shape index (κ2) is 10.9. The average molecular weight is 514 g/mol. The molecule has 1 aliphatic carbocycles. The van der Waals surface area contributed by atoms with Gasteiger partial charge in [-0.2, -0.15) is 4.31 Å². The van der Waals surface area contributed by atoms with Gasteiger partial charge in [-0.25, -0.2) is 18.2 Å². The molecule has 1 amide bonds. The number of rotatable bonds is 5. The van der Waals surface area contributed by atoms with Crippen molar-refractivity contribution in [3.05, 3.63) is 53.7 Å². The molecule has 2 aromatic rings. The van der Waals surface area contributed by atoms with E-state index in [-0.39, 0.29) is 6.04 Å². The molecule has 1 aromatic heterocycles. The minimum atomic E-state index is -3.72. The van der Waals surface area contributed by atoms with Crippen LogP contribution in [0.1, 0.15) is 89.3 Å². The molecule has 1 aromatic carbocycles. The predicted octanol–water partition coefficient (Wildman–Crippen LogP) is 6.38. The number of hydrogen-bond acceptors (Lipinski definition) is 5. The number of aromatic nitrogens is 1. The molecule has 1 saturated heterocycles. The van der Waals surface area contributed by atoms with Crippen molar-refractivity contribution in [3.8, 4) is 0 Å². The molecule has 36 heavy (non-hydrogen) atoms. The molecular formula is C28H39N3O4S. The standard InChI is InChI=1S/C28H39N3O4S/c1-21-15-17-23(18-16-21)36(33,34)30-20-9-8-14-25(30)24-13-10-19-29-26(24)31(22-11-6-5-7-12-22)27(32)35-28(2,3)4/h10,13,15-19,22,25H,5-9,11-12,14,20H2,1-4H3/t25-/m1/s1. The van der Waals surface area contributed by atoms with Gasteiger partial charge in [0.15, 0.2) is 0 Å². The fourth-order valence-electron chi connectivity index (χ4n) is 5.28. The van der Waals surface area contributed by atoms with E-state index in [2.05, 4.69) is 4.98 Å². The fourth-order valence-corrected chi connectivity index (χ4v) is 6.95. The summed E-state index contributed by atoms with van der Waals surface area (Å²) in [7, 11) is -3.72. The van der Waals surface area contributed by atoms with E-state index in [0.717, 1.165) is 56.1 Å². The summed E-state index contributed by atoms with van der Waals surface area (Å²) in [6, 6.07) is 10.3. The van der Waals surface area contributed by atoms with E-state index in [1.54, 1.807) is 27.5 Å². The molecule has 2 aliphatic rings. The number of pyridine rings is 1. The van der Waals surface area contributed by atoms with Crippen LogP contribution < -0.4 is 4.90 Å². The Morgan fingerprint density at radius 1 is 1.00 bits per heavy atom. The summed E-state index contributed by atoms with van der Waals surface area (Å²) in [6.45, 7) is 7.96. The molecule has 4 rings (SSSR count). The number of carbonyl (C=O) groups is 1. The van der Waals surface area contributed by atoms with Crippen molar-refractivity contribution < 1.29 is 17.9 Å². The third-order valence-electron chi connectivity index (χ3n) is 7.02. The molecule has 1 saturated carbocycles. The number of sulfonamides is 1. The van der Waals surface area contributed by atoms with Crippen molar-refractivity contribution in [1.29, 1.82) is 0 Å². The van der Waals surface area contributed by atoms with E-state index >= 15 is 0 Å². The highest BCUT2D eigenvalue weighted by molar-refractivity contribution is 7.89. The normalized spacial score (nSPS) is 20.2. The number of amides is 1. The Bertz CT molecular complexity index is 1150. The Morgan fingerprint density at radius 3 is 2.33 bits per heavy atom. The second-order valence-electron chi connectivity index (χ2n) is 11.0. The van der Waals surface area contributed by atoms with Crippen molar-refractivity contribution in [3.63, 3.8) is 0 Å². The van der Waals surface area contributed by atoms with Gasteiger partial charge in [0, 0.05) is 24.3 Å². The number of carbonyl (C=O) groups excluding carboxylic acids is 1. The zero-order valence-electron chi connectivity index (χ0n) is 21.9. The number of hydrogen-bond donors (Lipinski definition) is 0. The Morgan fingerprint density at radius 2 is 1.67 bits per heavy atom. The van der Waals surface area contributed by atoms with E-state index in [9.17, 15) is 13.2 Å². The molecule has 8 heteroatoms. The predicted molar refractivity (Wildman–Crippen MR) is 141 cm³/mol. The van der Waals surface area contributed by atoms with Crippen LogP contribution in [0.3, 0.4) is 0 Å². The van der Waals surface area contributed by atoms with Crippen LogP contribution >= 0.6 is 0 Å². The lowest BCUT2D eigenvalue weighted by Gasteiger charge is -2.39. The highest BCUT2D eigenvalue weighted by Crippen LogP contribution is 2.40. The van der Waals surface area contributed by atoms with Gasteiger partial charge in [-0.1, -0.05) is 49.4 Å². The minimum absolute atomic E-state index is 0.0204. The SMILES string of the molecule is Cc1ccc(S(=O)(=O)N2CCCC[C@@H]2c2cccnc2N(C(=O)OC(C)(C)C)C2CCCCC2)cc1. The highest BCUT2D eigenvalue weighted by Gasteiger charge is 2.39. The number of anilines is 1. The number of ether oxygens (including phenoxy) is 1. The Labute approximate surface area is 215 Å². The quantitative estimate of drug-likeness (QED) is 0.463. The third kappa shape index (κ3) is 5.92. The van der Waals surface area contributed by atoms with Crippen LogP contribution in [0.25, 0.3) is 0 Å². The first kappa shape index (κ1) is 26.6. The van der Waals surface area contributed by atoms with E-state index in [4.69, 9.17) is 4.74 Å². The zero-order valence-corrected chi connectivity index (χ0v) is 22.8. The summed E-state index contributed by atoms with van der Waals surface area (Å²) in [5.74, 6) is 0.523. The maximum absolute atomic E-state index is 13.8. The van der Waals surface area contributed by atoms with Crippen LogP contribution in [0.5, 0.6) is 0 Å². The van der Waals surface area contributed by atoms with Crippen LogP contribution in [0, 0.1) is 6.92 Å². The van der Waals surface area contributed by atoms with E-state index in [1.807, 2.05) is 52.0 Å². The van der Waals surface area contributed by atoms with Crippen molar-refractivity contribution in [1.82, 2.24) is 9.29 Å². The van der Waals surface area contributed by atoms with Crippen molar-refractivity contribution in [2.75, 3.05) is 11.4 Å². The fraction of sp³-hybridized carbons (Fsp3) is 0.571. The Kier molecular flexibility index (Phi) is 8.05. The van der Waals surface area contributed by atoms with Crippen molar-refractivity contribution in [2.45, 2.75) is 102 Å². The number of benzene rings is 1. The van der Waals surface area contributed by atoms with Crippen LogP contribution in [0.2, 0.25) is 0 Å². The number of piperidine rings is 1. The summed E-state index contributed by atoms with van der Waals surface area (Å²) >= 11 is 0.